The zero-order valence-corrected chi connectivity index (χ0v) is 16.4. The van der Waals surface area contributed by atoms with Crippen molar-refractivity contribution in [2.45, 2.75) is 58.6 Å². The summed E-state index contributed by atoms with van der Waals surface area (Å²) in [4.78, 5) is 48.7. The van der Waals surface area contributed by atoms with Crippen molar-refractivity contribution in [2.24, 2.45) is 0 Å². The van der Waals surface area contributed by atoms with Gasteiger partial charge in [0.05, 0.1) is 5.56 Å². The maximum Gasteiger partial charge on any atom is 0.417 e. The fraction of sp³-hybridized carbons (Fsp3) is 0.474. The van der Waals surface area contributed by atoms with E-state index in [0.717, 1.165) is 6.07 Å². The molecule has 0 saturated heterocycles. The Kier molecular flexibility index (Phi) is 7.93. The van der Waals surface area contributed by atoms with E-state index >= 15 is 0 Å². The molecule has 1 rings (SSSR count). The predicted molar refractivity (Wildman–Crippen MR) is 94.7 cm³/mol. The number of carbonyl (C=O) groups is 4. The fourth-order valence-corrected chi connectivity index (χ4v) is 2.39. The molecule has 0 bridgehead atoms. The maximum atomic E-state index is 13.8. The van der Waals surface area contributed by atoms with Crippen molar-refractivity contribution in [3.63, 3.8) is 0 Å². The minimum Gasteiger partial charge on any atom is -0.480 e. The van der Waals surface area contributed by atoms with Crippen molar-refractivity contribution in [3.8, 4) is 0 Å². The zero-order chi connectivity index (χ0) is 22.5. The quantitative estimate of drug-likeness (QED) is 0.536. The molecule has 160 valence electrons. The monoisotopic (exact) mass is 417 g/mol. The van der Waals surface area contributed by atoms with Crippen molar-refractivity contribution >= 4 is 23.8 Å². The van der Waals surface area contributed by atoms with E-state index in [0.29, 0.717) is 11.0 Å². The van der Waals surface area contributed by atoms with Crippen molar-refractivity contribution in [2.75, 3.05) is 0 Å². The molecule has 1 aromatic carbocycles. The van der Waals surface area contributed by atoms with E-state index < -0.39 is 71.3 Å². The first-order valence-electron chi connectivity index (χ1n) is 8.74. The van der Waals surface area contributed by atoms with Gasteiger partial charge in [-0.15, -0.1) is 0 Å². The summed E-state index contributed by atoms with van der Waals surface area (Å²) in [6.45, 7) is 5.96. The molecule has 0 spiro atoms. The topological polar surface area (TPSA) is 101 Å². The van der Waals surface area contributed by atoms with Crippen LogP contribution in [0.3, 0.4) is 0 Å². The summed E-state index contributed by atoms with van der Waals surface area (Å²) >= 11 is 0. The number of carboxylic acids is 1. The molecule has 0 saturated carbocycles. The van der Waals surface area contributed by atoms with Gasteiger partial charge in [0.1, 0.15) is 11.6 Å². The van der Waals surface area contributed by atoms with E-state index in [1.807, 2.05) is 0 Å². The molecule has 0 aliphatic heterocycles. The summed E-state index contributed by atoms with van der Waals surface area (Å²) in [6, 6.07) is -0.475. The summed E-state index contributed by atoms with van der Waals surface area (Å²) in [5, 5.41) is 9.46. The number of nitrogens with zero attached hydrogens (tertiary/aromatic N) is 1. The molecule has 2 amide bonds. The van der Waals surface area contributed by atoms with Gasteiger partial charge in [-0.05, 0) is 39.3 Å². The number of rotatable bonds is 7. The lowest BCUT2D eigenvalue weighted by atomic mass is 10.0. The summed E-state index contributed by atoms with van der Waals surface area (Å²) < 4.78 is 45.1. The lowest BCUT2D eigenvalue weighted by molar-refractivity contribution is -0.149. The molecule has 1 unspecified atom stereocenters. The van der Waals surface area contributed by atoms with Crippen LogP contribution < -0.4 is 0 Å². The zero-order valence-electron chi connectivity index (χ0n) is 16.4. The Balaban J connectivity index is 3.10. The van der Waals surface area contributed by atoms with Crippen LogP contribution in [-0.2, 0) is 14.3 Å². The molecular formula is C19H22F3NO6. The summed E-state index contributed by atoms with van der Waals surface area (Å²) in [5.74, 6) is -8.46. The molecule has 0 radical (unpaired) electrons. The van der Waals surface area contributed by atoms with Gasteiger partial charge in [-0.3, -0.25) is 9.59 Å². The van der Waals surface area contributed by atoms with Gasteiger partial charge in [-0.2, -0.15) is 0 Å². The van der Waals surface area contributed by atoms with Crippen molar-refractivity contribution in [1.29, 1.82) is 0 Å². The third-order valence-corrected chi connectivity index (χ3v) is 3.74. The molecule has 7 nitrogen and oxygen atoms in total. The second-order valence-electron chi connectivity index (χ2n) is 7.14. The number of aliphatic carboxylic acids is 1. The van der Waals surface area contributed by atoms with Crippen LogP contribution in [0.15, 0.2) is 12.1 Å². The minimum atomic E-state index is -1.83. The molecule has 29 heavy (non-hydrogen) atoms. The average Bonchev–Trinajstić information content (AvgIpc) is 2.60. The van der Waals surface area contributed by atoms with Crippen LogP contribution in [0, 0.1) is 17.5 Å². The van der Waals surface area contributed by atoms with E-state index in [1.165, 1.54) is 27.7 Å². The van der Waals surface area contributed by atoms with Gasteiger partial charge in [0.25, 0.3) is 0 Å². The van der Waals surface area contributed by atoms with E-state index in [9.17, 15) is 37.5 Å². The largest absolute Gasteiger partial charge is 0.480 e. The number of hydrogen-bond donors (Lipinski definition) is 1. The molecule has 10 heteroatoms. The first-order valence-corrected chi connectivity index (χ1v) is 8.74. The number of carboxylic acid groups (broad SMARTS) is 1. The second kappa shape index (κ2) is 9.53. The van der Waals surface area contributed by atoms with E-state index in [2.05, 4.69) is 0 Å². The SMILES string of the molecule is CCC(=O)N(C(=O)OC(C)(C)C)C(CCC(=O)c1ccc(F)c(F)c1F)C(=O)O. The molecule has 1 atom stereocenters. The number of hydrogen-bond acceptors (Lipinski definition) is 5. The van der Waals surface area contributed by atoms with Gasteiger partial charge >= 0.3 is 12.1 Å². The van der Waals surface area contributed by atoms with Crippen LogP contribution in [0.1, 0.15) is 57.3 Å². The van der Waals surface area contributed by atoms with Crippen LogP contribution in [-0.4, -0.2) is 45.4 Å². The van der Waals surface area contributed by atoms with Crippen molar-refractivity contribution < 1.29 is 42.2 Å². The van der Waals surface area contributed by atoms with E-state index in [-0.39, 0.29) is 6.42 Å². The van der Waals surface area contributed by atoms with Gasteiger partial charge in [-0.1, -0.05) is 6.92 Å². The number of benzene rings is 1. The lowest BCUT2D eigenvalue weighted by Gasteiger charge is -2.29. The molecule has 0 aromatic heterocycles. The molecule has 0 heterocycles. The first-order chi connectivity index (χ1) is 13.3. The van der Waals surface area contributed by atoms with E-state index in [1.54, 1.807) is 0 Å². The number of imide groups is 1. The highest BCUT2D eigenvalue weighted by atomic mass is 19.2. The van der Waals surface area contributed by atoms with Crippen LogP contribution in [0.2, 0.25) is 0 Å². The summed E-state index contributed by atoms with van der Waals surface area (Å²) in [6.07, 6.45) is -2.63. The average molecular weight is 417 g/mol. The third kappa shape index (κ3) is 6.30. The molecule has 1 N–H and O–H groups in total. The maximum absolute atomic E-state index is 13.8. The van der Waals surface area contributed by atoms with Crippen LogP contribution in [0.25, 0.3) is 0 Å². The number of Topliss-reactive ketones (excluding diaryl/α,β-unsaturated/α-hetero) is 1. The van der Waals surface area contributed by atoms with E-state index in [4.69, 9.17) is 4.74 Å². The lowest BCUT2D eigenvalue weighted by Crippen LogP contribution is -2.50. The number of amides is 2. The standard InChI is InChI=1S/C19H22F3NO6/c1-5-14(25)23(18(28)29-19(2,3)4)12(17(26)27)8-9-13(24)10-6-7-11(20)16(22)15(10)21/h6-7,12H,5,8-9H2,1-4H3,(H,26,27). The number of ketones is 1. The fourth-order valence-electron chi connectivity index (χ4n) is 2.39. The third-order valence-electron chi connectivity index (χ3n) is 3.74. The highest BCUT2D eigenvalue weighted by molar-refractivity contribution is 5.98. The Morgan fingerprint density at radius 2 is 1.69 bits per heavy atom. The van der Waals surface area contributed by atoms with Crippen LogP contribution in [0.4, 0.5) is 18.0 Å². The van der Waals surface area contributed by atoms with Crippen molar-refractivity contribution in [3.05, 3.63) is 35.1 Å². The van der Waals surface area contributed by atoms with Gasteiger partial charge in [0.15, 0.2) is 23.2 Å². The Morgan fingerprint density at radius 1 is 1.10 bits per heavy atom. The smallest absolute Gasteiger partial charge is 0.417 e. The van der Waals surface area contributed by atoms with Crippen LogP contribution in [0.5, 0.6) is 0 Å². The normalized spacial score (nSPS) is 12.2. The summed E-state index contributed by atoms with van der Waals surface area (Å²) in [7, 11) is 0. The molecule has 1 aromatic rings. The Bertz CT molecular complexity index is 819. The van der Waals surface area contributed by atoms with Gasteiger partial charge in [0, 0.05) is 12.8 Å². The highest BCUT2D eigenvalue weighted by Gasteiger charge is 2.37. The number of halogens is 3. The Morgan fingerprint density at radius 3 is 2.17 bits per heavy atom. The predicted octanol–water partition coefficient (Wildman–Crippen LogP) is 3.69. The molecule has 0 fully saturated rings. The van der Waals surface area contributed by atoms with Gasteiger partial charge in [-0.25, -0.2) is 27.7 Å². The summed E-state index contributed by atoms with van der Waals surface area (Å²) in [5.41, 5.74) is -1.78. The van der Waals surface area contributed by atoms with Crippen molar-refractivity contribution in [1.82, 2.24) is 4.90 Å². The Hall–Kier alpha value is -2.91. The van der Waals surface area contributed by atoms with Gasteiger partial charge < -0.3 is 9.84 Å². The number of carbonyl (C=O) groups excluding carboxylic acids is 3. The number of ether oxygens (including phenoxy) is 1. The molecule has 0 aliphatic carbocycles. The van der Waals surface area contributed by atoms with Crippen LogP contribution >= 0.6 is 0 Å². The van der Waals surface area contributed by atoms with Gasteiger partial charge in [0.2, 0.25) is 5.91 Å². The molecular weight excluding hydrogens is 395 g/mol. The minimum absolute atomic E-state index is 0.214. The Labute approximate surface area is 165 Å². The second-order valence-corrected chi connectivity index (χ2v) is 7.14. The first kappa shape index (κ1) is 24.1. The molecule has 0 aliphatic rings. The highest BCUT2D eigenvalue weighted by Crippen LogP contribution is 2.20.